The van der Waals surface area contributed by atoms with Gasteiger partial charge in [-0.25, -0.2) is 4.39 Å². The van der Waals surface area contributed by atoms with Gasteiger partial charge in [0.2, 0.25) is 0 Å². The Hall–Kier alpha value is -1.19. The molecule has 0 spiro atoms. The van der Waals surface area contributed by atoms with E-state index in [4.69, 9.17) is 0 Å². The predicted octanol–water partition coefficient (Wildman–Crippen LogP) is 4.90. The average Bonchev–Trinajstić information content (AvgIpc) is 2.37. The Morgan fingerprint density at radius 3 is 2.50 bits per heavy atom. The molecule has 0 heterocycles. The SMILES string of the molecule is CCNC(c1ccccc1Br)c1c(C)cc(C)cc1F. The Morgan fingerprint density at radius 1 is 1.20 bits per heavy atom. The Balaban J connectivity index is 2.58. The van der Waals surface area contributed by atoms with Crippen LogP contribution in [0.25, 0.3) is 0 Å². The molecule has 0 aliphatic heterocycles. The van der Waals surface area contributed by atoms with Crippen molar-refractivity contribution in [1.29, 1.82) is 0 Å². The van der Waals surface area contributed by atoms with Crippen LogP contribution < -0.4 is 5.32 Å². The molecule has 0 aliphatic rings. The van der Waals surface area contributed by atoms with Gasteiger partial charge >= 0.3 is 0 Å². The van der Waals surface area contributed by atoms with Gasteiger partial charge in [0.15, 0.2) is 0 Å². The van der Waals surface area contributed by atoms with Crippen LogP contribution in [0.2, 0.25) is 0 Å². The first-order valence-electron chi connectivity index (χ1n) is 6.79. The molecule has 0 amide bonds. The molecule has 1 N–H and O–H groups in total. The van der Waals surface area contributed by atoms with Crippen LogP contribution in [0.5, 0.6) is 0 Å². The maximum absolute atomic E-state index is 14.4. The predicted molar refractivity (Wildman–Crippen MR) is 85.5 cm³/mol. The molecule has 3 heteroatoms. The minimum absolute atomic E-state index is 0.142. The van der Waals surface area contributed by atoms with Crippen molar-refractivity contribution in [3.63, 3.8) is 0 Å². The average molecular weight is 336 g/mol. The smallest absolute Gasteiger partial charge is 0.128 e. The van der Waals surface area contributed by atoms with Gasteiger partial charge in [-0.3, -0.25) is 0 Å². The first-order chi connectivity index (χ1) is 9.54. The summed E-state index contributed by atoms with van der Waals surface area (Å²) in [7, 11) is 0. The van der Waals surface area contributed by atoms with E-state index < -0.39 is 0 Å². The Kier molecular flexibility index (Phi) is 4.95. The molecule has 1 unspecified atom stereocenters. The van der Waals surface area contributed by atoms with Gasteiger partial charge in [0, 0.05) is 10.0 Å². The van der Waals surface area contributed by atoms with E-state index >= 15 is 0 Å². The third-order valence-corrected chi connectivity index (χ3v) is 4.12. The van der Waals surface area contributed by atoms with Gasteiger partial charge in [-0.15, -0.1) is 0 Å². The molecule has 2 aromatic carbocycles. The lowest BCUT2D eigenvalue weighted by Gasteiger charge is -2.23. The van der Waals surface area contributed by atoms with E-state index in [1.165, 1.54) is 0 Å². The summed E-state index contributed by atoms with van der Waals surface area (Å²) >= 11 is 3.57. The number of benzene rings is 2. The number of hydrogen-bond donors (Lipinski definition) is 1. The normalized spacial score (nSPS) is 12.4. The first-order valence-corrected chi connectivity index (χ1v) is 7.58. The molecule has 106 valence electrons. The fourth-order valence-corrected chi connectivity index (χ4v) is 3.09. The largest absolute Gasteiger partial charge is 0.306 e. The quantitative estimate of drug-likeness (QED) is 0.837. The standard InChI is InChI=1S/C17H19BrFN/c1-4-20-17(13-7-5-6-8-14(13)18)16-12(3)9-11(2)10-15(16)19/h5-10,17,20H,4H2,1-3H3. The van der Waals surface area contributed by atoms with E-state index in [0.717, 1.165) is 33.3 Å². The molecule has 0 bridgehead atoms. The third kappa shape index (κ3) is 3.10. The highest BCUT2D eigenvalue weighted by atomic mass is 79.9. The first kappa shape index (κ1) is 15.2. The number of nitrogens with one attached hydrogen (secondary N) is 1. The van der Waals surface area contributed by atoms with Gasteiger partial charge < -0.3 is 5.32 Å². The lowest BCUT2D eigenvalue weighted by molar-refractivity contribution is 0.554. The van der Waals surface area contributed by atoms with Crippen LogP contribution in [0.3, 0.4) is 0 Å². The number of aryl methyl sites for hydroxylation is 2. The second-order valence-corrected chi connectivity index (χ2v) is 5.84. The molecule has 0 aromatic heterocycles. The Labute approximate surface area is 128 Å². The molecule has 20 heavy (non-hydrogen) atoms. The van der Waals surface area contributed by atoms with Gasteiger partial charge in [-0.05, 0) is 49.2 Å². The molecule has 1 nitrogen and oxygen atoms in total. The van der Waals surface area contributed by atoms with Crippen LogP contribution in [0.15, 0.2) is 40.9 Å². The fraction of sp³-hybridized carbons (Fsp3) is 0.294. The molecule has 0 saturated heterocycles. The number of rotatable bonds is 4. The molecular weight excluding hydrogens is 317 g/mol. The van der Waals surface area contributed by atoms with Gasteiger partial charge in [-0.1, -0.05) is 47.1 Å². The zero-order valence-electron chi connectivity index (χ0n) is 12.0. The topological polar surface area (TPSA) is 12.0 Å². The summed E-state index contributed by atoms with van der Waals surface area (Å²) in [6.07, 6.45) is 0. The highest BCUT2D eigenvalue weighted by molar-refractivity contribution is 9.10. The summed E-state index contributed by atoms with van der Waals surface area (Å²) in [6.45, 7) is 6.69. The lowest BCUT2D eigenvalue weighted by Crippen LogP contribution is -2.24. The number of halogens is 2. The van der Waals surface area contributed by atoms with E-state index in [-0.39, 0.29) is 11.9 Å². The van der Waals surface area contributed by atoms with Crippen LogP contribution in [0.4, 0.5) is 4.39 Å². The van der Waals surface area contributed by atoms with Crippen molar-refractivity contribution in [1.82, 2.24) is 5.32 Å². The second kappa shape index (κ2) is 6.51. The zero-order chi connectivity index (χ0) is 14.7. The van der Waals surface area contributed by atoms with Crippen molar-refractivity contribution in [2.24, 2.45) is 0 Å². The maximum Gasteiger partial charge on any atom is 0.128 e. The Morgan fingerprint density at radius 2 is 1.90 bits per heavy atom. The van der Waals surface area contributed by atoms with Crippen LogP contribution in [-0.4, -0.2) is 6.54 Å². The molecule has 2 aromatic rings. The summed E-state index contributed by atoms with van der Waals surface area (Å²) in [6, 6.07) is 11.4. The molecule has 0 saturated carbocycles. The summed E-state index contributed by atoms with van der Waals surface area (Å²) in [4.78, 5) is 0. The van der Waals surface area contributed by atoms with Gasteiger partial charge in [-0.2, -0.15) is 0 Å². The van der Waals surface area contributed by atoms with E-state index in [1.54, 1.807) is 6.07 Å². The van der Waals surface area contributed by atoms with Crippen LogP contribution >= 0.6 is 15.9 Å². The van der Waals surface area contributed by atoms with E-state index in [2.05, 4.69) is 21.2 Å². The minimum Gasteiger partial charge on any atom is -0.306 e. The fourth-order valence-electron chi connectivity index (χ4n) is 2.57. The minimum atomic E-state index is -0.149. The summed E-state index contributed by atoms with van der Waals surface area (Å²) < 4.78 is 15.4. The molecular formula is C17H19BrFN. The zero-order valence-corrected chi connectivity index (χ0v) is 13.6. The molecule has 0 fully saturated rings. The van der Waals surface area contributed by atoms with Crippen molar-refractivity contribution in [2.45, 2.75) is 26.8 Å². The highest BCUT2D eigenvalue weighted by Crippen LogP contribution is 2.32. The van der Waals surface area contributed by atoms with Crippen LogP contribution in [0.1, 0.15) is 35.2 Å². The maximum atomic E-state index is 14.4. The third-order valence-electron chi connectivity index (χ3n) is 3.39. The second-order valence-electron chi connectivity index (χ2n) is 4.99. The summed E-state index contributed by atoms with van der Waals surface area (Å²) in [5, 5.41) is 3.39. The molecule has 1 atom stereocenters. The molecule has 2 rings (SSSR count). The van der Waals surface area contributed by atoms with Crippen molar-refractivity contribution in [3.8, 4) is 0 Å². The van der Waals surface area contributed by atoms with Crippen LogP contribution in [-0.2, 0) is 0 Å². The van der Waals surface area contributed by atoms with Crippen molar-refractivity contribution in [2.75, 3.05) is 6.54 Å². The molecule has 0 radical (unpaired) electrons. The van der Waals surface area contributed by atoms with Gasteiger partial charge in [0.05, 0.1) is 6.04 Å². The van der Waals surface area contributed by atoms with E-state index in [0.29, 0.717) is 0 Å². The van der Waals surface area contributed by atoms with Crippen LogP contribution in [0, 0.1) is 19.7 Å². The number of hydrogen-bond acceptors (Lipinski definition) is 1. The van der Waals surface area contributed by atoms with Crippen molar-refractivity contribution in [3.05, 3.63) is 68.9 Å². The molecule has 0 aliphatic carbocycles. The Bertz CT molecular complexity index is 587. The van der Waals surface area contributed by atoms with Gasteiger partial charge in [0.25, 0.3) is 0 Å². The summed E-state index contributed by atoms with van der Waals surface area (Å²) in [5.74, 6) is -0.149. The van der Waals surface area contributed by atoms with E-state index in [1.807, 2.05) is 51.1 Å². The monoisotopic (exact) mass is 335 g/mol. The summed E-state index contributed by atoms with van der Waals surface area (Å²) in [5.41, 5.74) is 3.71. The van der Waals surface area contributed by atoms with Crippen molar-refractivity contribution < 1.29 is 4.39 Å². The lowest BCUT2D eigenvalue weighted by atomic mass is 9.93. The highest BCUT2D eigenvalue weighted by Gasteiger charge is 2.21. The van der Waals surface area contributed by atoms with Crippen molar-refractivity contribution >= 4 is 15.9 Å². The van der Waals surface area contributed by atoms with Gasteiger partial charge in [0.1, 0.15) is 5.82 Å². The van der Waals surface area contributed by atoms with E-state index in [9.17, 15) is 4.39 Å².